The number of rotatable bonds is 4. The molecule has 1 heterocycles. The fourth-order valence-corrected chi connectivity index (χ4v) is 2.42. The second-order valence-electron chi connectivity index (χ2n) is 3.99. The van der Waals surface area contributed by atoms with E-state index in [9.17, 15) is 8.42 Å². The van der Waals surface area contributed by atoms with Crippen LogP contribution in [0, 0.1) is 0 Å². The van der Waals surface area contributed by atoms with Gasteiger partial charge in [-0.3, -0.25) is 4.98 Å². The zero-order chi connectivity index (χ0) is 14.6. The van der Waals surface area contributed by atoms with Crippen LogP contribution < -0.4 is 4.83 Å². The van der Waals surface area contributed by atoms with E-state index in [4.69, 9.17) is 11.6 Å². The molecule has 0 atom stereocenters. The van der Waals surface area contributed by atoms with Gasteiger partial charge < -0.3 is 0 Å². The quantitative estimate of drug-likeness (QED) is 0.696. The highest BCUT2D eigenvalue weighted by Gasteiger charge is 2.12. The Balaban J connectivity index is 2.19. The molecule has 0 fully saturated rings. The highest BCUT2D eigenvalue weighted by atomic mass is 35.5. The first-order valence-corrected chi connectivity index (χ1v) is 7.57. The molecule has 1 aromatic carbocycles. The van der Waals surface area contributed by atoms with Crippen molar-refractivity contribution in [3.63, 3.8) is 0 Å². The van der Waals surface area contributed by atoms with Crippen molar-refractivity contribution in [3.05, 3.63) is 59.4 Å². The minimum Gasteiger partial charge on any atom is -0.264 e. The van der Waals surface area contributed by atoms with Crippen LogP contribution in [0.2, 0.25) is 5.02 Å². The third-order valence-corrected chi connectivity index (χ3v) is 4.01. The third-order valence-electron chi connectivity index (χ3n) is 2.54. The number of sulfonamides is 1. The molecule has 0 aliphatic heterocycles. The van der Waals surface area contributed by atoms with Gasteiger partial charge in [0, 0.05) is 23.0 Å². The Hall–Kier alpha value is -1.92. The lowest BCUT2D eigenvalue weighted by Crippen LogP contribution is -2.19. The van der Waals surface area contributed by atoms with Crippen molar-refractivity contribution in [2.45, 2.75) is 11.8 Å². The molecule has 20 heavy (non-hydrogen) atoms. The number of benzene rings is 1. The van der Waals surface area contributed by atoms with E-state index >= 15 is 0 Å². The summed E-state index contributed by atoms with van der Waals surface area (Å²) in [6.07, 6.45) is 3.24. The highest BCUT2D eigenvalue weighted by Crippen LogP contribution is 2.13. The van der Waals surface area contributed by atoms with Gasteiger partial charge in [-0.1, -0.05) is 17.7 Å². The molecule has 0 amide bonds. The molecule has 7 heteroatoms. The molecule has 0 unspecified atom stereocenters. The minimum atomic E-state index is -3.70. The summed E-state index contributed by atoms with van der Waals surface area (Å²) < 4.78 is 24.0. The van der Waals surface area contributed by atoms with E-state index in [0.717, 1.165) is 5.56 Å². The van der Waals surface area contributed by atoms with Crippen LogP contribution in [0.5, 0.6) is 0 Å². The standard InChI is InChI=1S/C13H12ClN3O2S/c1-10(11-3-2-8-15-9-11)16-17-20(18,19)13-6-4-12(14)5-7-13/h2-9,17H,1H3/b16-10+. The summed E-state index contributed by atoms with van der Waals surface area (Å²) in [4.78, 5) is 6.23. The van der Waals surface area contributed by atoms with Gasteiger partial charge in [0.05, 0.1) is 10.6 Å². The van der Waals surface area contributed by atoms with E-state index in [2.05, 4.69) is 14.9 Å². The van der Waals surface area contributed by atoms with Gasteiger partial charge in [0.15, 0.2) is 0 Å². The van der Waals surface area contributed by atoms with E-state index in [1.807, 2.05) is 0 Å². The molecule has 0 spiro atoms. The number of hydrogen-bond acceptors (Lipinski definition) is 4. The van der Waals surface area contributed by atoms with Crippen molar-refractivity contribution < 1.29 is 8.42 Å². The normalized spacial score (nSPS) is 12.2. The van der Waals surface area contributed by atoms with Crippen LogP contribution in [-0.4, -0.2) is 19.1 Å². The fraction of sp³-hybridized carbons (Fsp3) is 0.0769. The number of nitrogens with zero attached hydrogens (tertiary/aromatic N) is 2. The molecular formula is C13H12ClN3O2S. The van der Waals surface area contributed by atoms with Crippen molar-refractivity contribution in [1.82, 2.24) is 9.82 Å². The lowest BCUT2D eigenvalue weighted by atomic mass is 10.2. The molecule has 1 N–H and O–H groups in total. The maximum atomic E-state index is 12.0. The van der Waals surface area contributed by atoms with Gasteiger partial charge in [0.2, 0.25) is 0 Å². The van der Waals surface area contributed by atoms with Crippen LogP contribution in [0.25, 0.3) is 0 Å². The molecule has 1 aromatic heterocycles. The lowest BCUT2D eigenvalue weighted by molar-refractivity contribution is 0.584. The van der Waals surface area contributed by atoms with Crippen LogP contribution in [0.15, 0.2) is 58.8 Å². The van der Waals surface area contributed by atoms with Gasteiger partial charge in [-0.15, -0.1) is 0 Å². The predicted molar refractivity (Wildman–Crippen MR) is 78.2 cm³/mol. The summed E-state index contributed by atoms with van der Waals surface area (Å²) in [7, 11) is -3.70. The lowest BCUT2D eigenvalue weighted by Gasteiger charge is -2.05. The molecule has 0 saturated carbocycles. The molecular weight excluding hydrogens is 298 g/mol. The van der Waals surface area contributed by atoms with Gasteiger partial charge in [-0.2, -0.15) is 18.4 Å². The topological polar surface area (TPSA) is 71.4 Å². The van der Waals surface area contributed by atoms with Crippen molar-refractivity contribution in [2.75, 3.05) is 0 Å². The van der Waals surface area contributed by atoms with Crippen molar-refractivity contribution in [2.24, 2.45) is 5.10 Å². The molecule has 0 radical (unpaired) electrons. The van der Waals surface area contributed by atoms with E-state index in [1.165, 1.54) is 24.3 Å². The van der Waals surface area contributed by atoms with E-state index in [0.29, 0.717) is 10.7 Å². The first-order chi connectivity index (χ1) is 9.49. The Morgan fingerprint density at radius 1 is 1.25 bits per heavy atom. The molecule has 0 saturated heterocycles. The average molecular weight is 310 g/mol. The van der Waals surface area contributed by atoms with Crippen LogP contribution in [0.1, 0.15) is 12.5 Å². The maximum absolute atomic E-state index is 12.0. The van der Waals surface area contributed by atoms with Gasteiger partial charge in [0.25, 0.3) is 10.0 Å². The van der Waals surface area contributed by atoms with Gasteiger partial charge >= 0.3 is 0 Å². The molecule has 0 aliphatic carbocycles. The van der Waals surface area contributed by atoms with Gasteiger partial charge in [-0.05, 0) is 37.3 Å². The SMILES string of the molecule is C/C(=N\NS(=O)(=O)c1ccc(Cl)cc1)c1cccnc1. The summed E-state index contributed by atoms with van der Waals surface area (Å²) in [5.41, 5.74) is 1.27. The summed E-state index contributed by atoms with van der Waals surface area (Å²) in [6.45, 7) is 1.70. The van der Waals surface area contributed by atoms with Crippen LogP contribution >= 0.6 is 11.6 Å². The van der Waals surface area contributed by atoms with Crippen molar-refractivity contribution in [3.8, 4) is 0 Å². The zero-order valence-corrected chi connectivity index (χ0v) is 12.2. The largest absolute Gasteiger partial charge is 0.276 e. The maximum Gasteiger partial charge on any atom is 0.276 e. The first-order valence-electron chi connectivity index (χ1n) is 5.71. The smallest absolute Gasteiger partial charge is 0.264 e. The third kappa shape index (κ3) is 3.55. The van der Waals surface area contributed by atoms with Gasteiger partial charge in [-0.25, -0.2) is 0 Å². The number of aromatic nitrogens is 1. The van der Waals surface area contributed by atoms with Crippen molar-refractivity contribution >= 4 is 27.3 Å². The average Bonchev–Trinajstić information content (AvgIpc) is 2.46. The Bertz CT molecular complexity index is 713. The summed E-state index contributed by atoms with van der Waals surface area (Å²) in [6, 6.07) is 9.39. The number of pyridine rings is 1. The molecule has 2 rings (SSSR count). The number of nitrogens with one attached hydrogen (secondary N) is 1. The van der Waals surface area contributed by atoms with Crippen LogP contribution in [0.4, 0.5) is 0 Å². The summed E-state index contributed by atoms with van der Waals surface area (Å²) in [5, 5.41) is 4.34. The fourth-order valence-electron chi connectivity index (χ4n) is 1.44. The van der Waals surface area contributed by atoms with Crippen LogP contribution in [0.3, 0.4) is 0 Å². The Labute approximate surface area is 122 Å². The molecule has 104 valence electrons. The first kappa shape index (κ1) is 14.5. The van der Waals surface area contributed by atoms with E-state index in [1.54, 1.807) is 31.5 Å². The van der Waals surface area contributed by atoms with Crippen molar-refractivity contribution in [1.29, 1.82) is 0 Å². The predicted octanol–water partition coefficient (Wildman–Crippen LogP) is 2.44. The van der Waals surface area contributed by atoms with E-state index in [-0.39, 0.29) is 4.90 Å². The number of hydrazone groups is 1. The van der Waals surface area contributed by atoms with E-state index < -0.39 is 10.0 Å². The molecule has 0 aliphatic rings. The Morgan fingerprint density at radius 3 is 2.55 bits per heavy atom. The number of halogens is 1. The molecule has 2 aromatic rings. The van der Waals surface area contributed by atoms with Crippen LogP contribution in [-0.2, 0) is 10.0 Å². The summed E-state index contributed by atoms with van der Waals surface area (Å²) >= 11 is 5.72. The minimum absolute atomic E-state index is 0.102. The zero-order valence-electron chi connectivity index (χ0n) is 10.6. The number of hydrogen-bond donors (Lipinski definition) is 1. The highest BCUT2D eigenvalue weighted by molar-refractivity contribution is 7.89. The molecule has 5 nitrogen and oxygen atoms in total. The monoisotopic (exact) mass is 309 g/mol. The summed E-state index contributed by atoms with van der Waals surface area (Å²) in [5.74, 6) is 0. The second kappa shape index (κ2) is 6.02. The Morgan fingerprint density at radius 2 is 1.95 bits per heavy atom. The second-order valence-corrected chi connectivity index (χ2v) is 6.08. The van der Waals surface area contributed by atoms with Gasteiger partial charge in [0.1, 0.15) is 0 Å². The molecule has 0 bridgehead atoms. The Kier molecular flexibility index (Phi) is 4.36.